The molecule has 3 rings (SSSR count). The molecule has 1 aliphatic carbocycles. The molecule has 1 saturated carbocycles. The number of aryl methyl sites for hydroxylation is 1. The van der Waals surface area contributed by atoms with Crippen molar-refractivity contribution in [1.82, 2.24) is 15.3 Å². The average Bonchev–Trinajstić information content (AvgIpc) is 2.38. The Morgan fingerprint density at radius 2 is 1.89 bits per heavy atom. The first-order chi connectivity index (χ1) is 9.05. The summed E-state index contributed by atoms with van der Waals surface area (Å²) in [6, 6.07) is 0. The monoisotopic (exact) mass is 259 g/mol. The molecule has 19 heavy (non-hydrogen) atoms. The molecule has 104 valence electrons. The second-order valence-electron chi connectivity index (χ2n) is 6.96. The molecule has 0 saturated heterocycles. The summed E-state index contributed by atoms with van der Waals surface area (Å²) in [5.41, 5.74) is 4.35. The number of fused-ring (bicyclic) bond motifs is 1. The van der Waals surface area contributed by atoms with Crippen LogP contribution in [0.15, 0.2) is 0 Å². The first-order valence-corrected chi connectivity index (χ1v) is 7.62. The van der Waals surface area contributed by atoms with Crippen molar-refractivity contribution in [3.63, 3.8) is 0 Å². The maximum atomic E-state index is 4.89. The van der Waals surface area contributed by atoms with E-state index in [1.807, 2.05) is 0 Å². The third-order valence-electron chi connectivity index (χ3n) is 4.86. The Kier molecular flexibility index (Phi) is 3.34. The van der Waals surface area contributed by atoms with Gasteiger partial charge in [0, 0.05) is 36.7 Å². The highest BCUT2D eigenvalue weighted by Crippen LogP contribution is 2.41. The second-order valence-corrected chi connectivity index (χ2v) is 6.96. The molecule has 2 heterocycles. The first kappa shape index (κ1) is 13.0. The molecule has 1 aromatic heterocycles. The zero-order chi connectivity index (χ0) is 13.5. The van der Waals surface area contributed by atoms with Gasteiger partial charge in [0.2, 0.25) is 0 Å². The van der Waals surface area contributed by atoms with E-state index in [-0.39, 0.29) is 0 Å². The van der Waals surface area contributed by atoms with Gasteiger partial charge in [-0.15, -0.1) is 0 Å². The van der Waals surface area contributed by atoms with Crippen LogP contribution in [0.2, 0.25) is 0 Å². The SMILES string of the molecule is Cc1nc(C2CCC(C)(C)CC2)nc2c1CNCC2. The molecule has 0 atom stereocenters. The van der Waals surface area contributed by atoms with Crippen LogP contribution in [0, 0.1) is 12.3 Å². The number of nitrogens with one attached hydrogen (secondary N) is 1. The minimum atomic E-state index is 0.518. The van der Waals surface area contributed by atoms with Crippen molar-refractivity contribution in [2.24, 2.45) is 5.41 Å². The van der Waals surface area contributed by atoms with Crippen LogP contribution in [0.5, 0.6) is 0 Å². The summed E-state index contributed by atoms with van der Waals surface area (Å²) >= 11 is 0. The first-order valence-electron chi connectivity index (χ1n) is 7.62. The van der Waals surface area contributed by atoms with Gasteiger partial charge in [-0.05, 0) is 38.0 Å². The summed E-state index contributed by atoms with van der Waals surface area (Å²) in [7, 11) is 0. The van der Waals surface area contributed by atoms with Crippen molar-refractivity contribution in [2.75, 3.05) is 6.54 Å². The molecule has 0 aromatic carbocycles. The number of hydrogen-bond donors (Lipinski definition) is 1. The third-order valence-corrected chi connectivity index (χ3v) is 4.86. The third kappa shape index (κ3) is 2.66. The minimum absolute atomic E-state index is 0.518. The van der Waals surface area contributed by atoms with E-state index < -0.39 is 0 Å². The van der Waals surface area contributed by atoms with Crippen molar-refractivity contribution in [2.45, 2.75) is 65.3 Å². The molecule has 0 radical (unpaired) electrons. The van der Waals surface area contributed by atoms with E-state index >= 15 is 0 Å². The maximum Gasteiger partial charge on any atom is 0.131 e. The summed E-state index contributed by atoms with van der Waals surface area (Å²) in [5.74, 6) is 1.71. The Labute approximate surface area is 116 Å². The molecule has 2 aliphatic rings. The fraction of sp³-hybridized carbons (Fsp3) is 0.750. The van der Waals surface area contributed by atoms with Gasteiger partial charge in [-0.25, -0.2) is 9.97 Å². The Balaban J connectivity index is 1.84. The topological polar surface area (TPSA) is 37.8 Å². The van der Waals surface area contributed by atoms with Gasteiger partial charge in [0.15, 0.2) is 0 Å². The van der Waals surface area contributed by atoms with Crippen LogP contribution >= 0.6 is 0 Å². The zero-order valence-electron chi connectivity index (χ0n) is 12.4. The highest BCUT2D eigenvalue weighted by molar-refractivity contribution is 5.28. The molecule has 1 aliphatic heterocycles. The van der Waals surface area contributed by atoms with E-state index in [1.165, 1.54) is 42.6 Å². The Bertz CT molecular complexity index is 469. The molecule has 1 aromatic rings. The highest BCUT2D eigenvalue weighted by atomic mass is 15.0. The van der Waals surface area contributed by atoms with E-state index in [4.69, 9.17) is 9.97 Å². The van der Waals surface area contributed by atoms with Gasteiger partial charge >= 0.3 is 0 Å². The summed E-state index contributed by atoms with van der Waals surface area (Å²) in [5, 5.41) is 3.41. The van der Waals surface area contributed by atoms with Gasteiger partial charge in [0.1, 0.15) is 5.82 Å². The summed E-state index contributed by atoms with van der Waals surface area (Å²) in [4.78, 5) is 9.70. The lowest BCUT2D eigenvalue weighted by Gasteiger charge is -2.34. The number of aromatic nitrogens is 2. The highest BCUT2D eigenvalue weighted by Gasteiger charge is 2.29. The van der Waals surface area contributed by atoms with Crippen molar-refractivity contribution in [3.8, 4) is 0 Å². The molecular weight excluding hydrogens is 234 g/mol. The van der Waals surface area contributed by atoms with Crippen LogP contribution in [0.1, 0.15) is 68.2 Å². The predicted octanol–water partition coefficient (Wildman–Crippen LogP) is 3.11. The lowest BCUT2D eigenvalue weighted by Crippen LogP contribution is -2.28. The van der Waals surface area contributed by atoms with Crippen LogP contribution in [0.3, 0.4) is 0 Å². The lowest BCUT2D eigenvalue weighted by atomic mass is 9.73. The van der Waals surface area contributed by atoms with Gasteiger partial charge < -0.3 is 5.32 Å². The number of hydrogen-bond acceptors (Lipinski definition) is 3. The van der Waals surface area contributed by atoms with Crippen LogP contribution < -0.4 is 5.32 Å². The molecule has 0 spiro atoms. The Morgan fingerprint density at radius 3 is 2.63 bits per heavy atom. The molecule has 0 bridgehead atoms. The largest absolute Gasteiger partial charge is 0.312 e. The Morgan fingerprint density at radius 1 is 1.16 bits per heavy atom. The van der Waals surface area contributed by atoms with Gasteiger partial charge in [-0.3, -0.25) is 0 Å². The van der Waals surface area contributed by atoms with E-state index in [0.29, 0.717) is 11.3 Å². The number of rotatable bonds is 1. The van der Waals surface area contributed by atoms with E-state index in [0.717, 1.165) is 25.3 Å². The second kappa shape index (κ2) is 4.86. The van der Waals surface area contributed by atoms with Gasteiger partial charge in [0.25, 0.3) is 0 Å². The van der Waals surface area contributed by atoms with Crippen LogP contribution in [-0.4, -0.2) is 16.5 Å². The van der Waals surface area contributed by atoms with Gasteiger partial charge in [-0.1, -0.05) is 13.8 Å². The van der Waals surface area contributed by atoms with Crippen molar-refractivity contribution in [1.29, 1.82) is 0 Å². The molecule has 0 unspecified atom stereocenters. The van der Waals surface area contributed by atoms with Gasteiger partial charge in [0.05, 0.1) is 5.69 Å². The van der Waals surface area contributed by atoms with Crippen LogP contribution in [0.25, 0.3) is 0 Å². The van der Waals surface area contributed by atoms with Crippen LogP contribution in [-0.2, 0) is 13.0 Å². The van der Waals surface area contributed by atoms with E-state index in [2.05, 4.69) is 26.1 Å². The zero-order valence-corrected chi connectivity index (χ0v) is 12.4. The summed E-state index contributed by atoms with van der Waals surface area (Å²) in [6.45, 7) is 8.91. The van der Waals surface area contributed by atoms with E-state index in [9.17, 15) is 0 Å². The number of nitrogens with zero attached hydrogens (tertiary/aromatic N) is 2. The van der Waals surface area contributed by atoms with Gasteiger partial charge in [-0.2, -0.15) is 0 Å². The lowest BCUT2D eigenvalue weighted by molar-refractivity contribution is 0.220. The van der Waals surface area contributed by atoms with Crippen molar-refractivity contribution >= 4 is 0 Å². The molecule has 1 N–H and O–H groups in total. The molecule has 3 heteroatoms. The summed E-state index contributed by atoms with van der Waals surface area (Å²) in [6.07, 6.45) is 6.17. The molecule has 0 amide bonds. The van der Waals surface area contributed by atoms with Crippen molar-refractivity contribution in [3.05, 3.63) is 22.8 Å². The quantitative estimate of drug-likeness (QED) is 0.842. The fourth-order valence-electron chi connectivity index (χ4n) is 3.38. The summed E-state index contributed by atoms with van der Waals surface area (Å²) < 4.78 is 0. The average molecular weight is 259 g/mol. The standard InChI is InChI=1S/C16H25N3/c1-11-13-10-17-9-6-14(13)19-15(18-11)12-4-7-16(2,3)8-5-12/h12,17H,4-10H2,1-3H3. The van der Waals surface area contributed by atoms with Crippen molar-refractivity contribution < 1.29 is 0 Å². The molecule has 3 nitrogen and oxygen atoms in total. The predicted molar refractivity (Wildman–Crippen MR) is 77.2 cm³/mol. The minimum Gasteiger partial charge on any atom is -0.312 e. The molecular formula is C16H25N3. The van der Waals surface area contributed by atoms with Crippen LogP contribution in [0.4, 0.5) is 0 Å². The normalized spacial score (nSPS) is 23.1. The molecule has 1 fully saturated rings. The van der Waals surface area contributed by atoms with E-state index in [1.54, 1.807) is 0 Å². The fourth-order valence-corrected chi connectivity index (χ4v) is 3.38. The smallest absolute Gasteiger partial charge is 0.131 e. The Hall–Kier alpha value is -0.960. The maximum absolute atomic E-state index is 4.89.